The van der Waals surface area contributed by atoms with Crippen LogP contribution in [0.1, 0.15) is 27.9 Å². The van der Waals surface area contributed by atoms with Gasteiger partial charge in [-0.15, -0.1) is 0 Å². The summed E-state index contributed by atoms with van der Waals surface area (Å²) in [6.45, 7) is 6.13. The fraction of sp³-hybridized carbons (Fsp3) is 0.538. The quantitative estimate of drug-likeness (QED) is 0.742. The van der Waals surface area contributed by atoms with Gasteiger partial charge < -0.3 is 4.74 Å². The summed E-state index contributed by atoms with van der Waals surface area (Å²) in [4.78, 5) is 0.444. The van der Waals surface area contributed by atoms with E-state index in [1.54, 1.807) is 0 Å². The maximum atomic E-state index is 5.44. The molecular weight excluding hydrogens is 252 g/mol. The highest BCUT2D eigenvalue weighted by Gasteiger charge is 2.25. The van der Waals surface area contributed by atoms with E-state index in [0.717, 1.165) is 13.2 Å². The lowest BCUT2D eigenvalue weighted by atomic mass is 9.94. The van der Waals surface area contributed by atoms with E-state index >= 15 is 0 Å². The summed E-state index contributed by atoms with van der Waals surface area (Å²) in [7, 11) is 0. The predicted octanol–water partition coefficient (Wildman–Crippen LogP) is 3.78. The Labute approximate surface area is 100.0 Å². The summed E-state index contributed by atoms with van der Waals surface area (Å²) < 4.78 is 5.44. The van der Waals surface area contributed by atoms with Crippen LogP contribution in [0.2, 0.25) is 0 Å². The molecule has 2 atom stereocenters. The number of benzene rings is 1. The molecule has 2 unspecified atom stereocenters. The number of alkyl halides is 1. The van der Waals surface area contributed by atoms with E-state index in [1.165, 1.54) is 23.1 Å². The van der Waals surface area contributed by atoms with Gasteiger partial charge in [-0.2, -0.15) is 0 Å². The van der Waals surface area contributed by atoms with Crippen molar-refractivity contribution in [1.82, 2.24) is 0 Å². The first-order valence-electron chi connectivity index (χ1n) is 5.47. The molecule has 0 bridgehead atoms. The fourth-order valence-electron chi connectivity index (χ4n) is 2.09. The highest BCUT2D eigenvalue weighted by atomic mass is 79.9. The molecule has 0 amide bonds. The maximum absolute atomic E-state index is 5.44. The van der Waals surface area contributed by atoms with Gasteiger partial charge in [-0.05, 0) is 31.4 Å². The van der Waals surface area contributed by atoms with Gasteiger partial charge >= 0.3 is 0 Å². The van der Waals surface area contributed by atoms with Crippen molar-refractivity contribution in [3.05, 3.63) is 34.9 Å². The Bertz CT molecular complexity index is 342. The van der Waals surface area contributed by atoms with Crippen LogP contribution in [0, 0.1) is 19.8 Å². The van der Waals surface area contributed by atoms with Gasteiger partial charge in [-0.1, -0.05) is 39.7 Å². The largest absolute Gasteiger partial charge is 0.381 e. The second kappa shape index (κ2) is 4.67. The minimum absolute atomic E-state index is 0.444. The van der Waals surface area contributed by atoms with Crippen molar-refractivity contribution in [1.29, 1.82) is 0 Å². The Morgan fingerprint density at radius 1 is 1.40 bits per heavy atom. The van der Waals surface area contributed by atoms with Crippen LogP contribution < -0.4 is 0 Å². The third-order valence-electron chi connectivity index (χ3n) is 3.11. The predicted molar refractivity (Wildman–Crippen MR) is 66.5 cm³/mol. The van der Waals surface area contributed by atoms with Gasteiger partial charge in [0.05, 0.1) is 6.61 Å². The molecule has 0 saturated carbocycles. The molecule has 15 heavy (non-hydrogen) atoms. The van der Waals surface area contributed by atoms with Crippen LogP contribution in [0.15, 0.2) is 18.2 Å². The Morgan fingerprint density at radius 2 is 2.20 bits per heavy atom. The molecule has 0 aromatic heterocycles. The Kier molecular flexibility index (Phi) is 3.47. The van der Waals surface area contributed by atoms with Crippen LogP contribution in [-0.4, -0.2) is 13.2 Å². The molecule has 1 fully saturated rings. The molecule has 2 heteroatoms. The Balaban J connectivity index is 2.23. The summed E-state index contributed by atoms with van der Waals surface area (Å²) in [5.74, 6) is 0.630. The summed E-state index contributed by atoms with van der Waals surface area (Å²) in [6.07, 6.45) is 1.17. The fourth-order valence-corrected chi connectivity index (χ4v) is 3.00. The first kappa shape index (κ1) is 11.2. The molecule has 0 spiro atoms. The van der Waals surface area contributed by atoms with Gasteiger partial charge in [-0.25, -0.2) is 0 Å². The van der Waals surface area contributed by atoms with Crippen LogP contribution >= 0.6 is 15.9 Å². The van der Waals surface area contributed by atoms with Crippen LogP contribution in [-0.2, 0) is 4.74 Å². The SMILES string of the molecule is Cc1ccc(C)c(C(Br)C2CCOC2)c1. The molecule has 0 radical (unpaired) electrons. The van der Waals surface area contributed by atoms with Crippen molar-refractivity contribution >= 4 is 15.9 Å². The van der Waals surface area contributed by atoms with Crippen LogP contribution in [0.3, 0.4) is 0 Å². The molecular formula is C13H17BrO. The average Bonchev–Trinajstić information content (AvgIpc) is 2.74. The van der Waals surface area contributed by atoms with E-state index < -0.39 is 0 Å². The summed E-state index contributed by atoms with van der Waals surface area (Å²) in [6, 6.07) is 6.66. The van der Waals surface area contributed by atoms with E-state index in [-0.39, 0.29) is 0 Å². The van der Waals surface area contributed by atoms with E-state index in [1.807, 2.05) is 0 Å². The molecule has 1 saturated heterocycles. The van der Waals surface area contributed by atoms with Crippen LogP contribution in [0.5, 0.6) is 0 Å². The molecule has 1 aromatic carbocycles. The van der Waals surface area contributed by atoms with Crippen molar-refractivity contribution in [2.45, 2.75) is 25.1 Å². The van der Waals surface area contributed by atoms with Crippen LogP contribution in [0.4, 0.5) is 0 Å². The normalized spacial score (nSPS) is 23.0. The second-order valence-corrected chi connectivity index (χ2v) is 5.37. The molecule has 1 nitrogen and oxygen atoms in total. The van der Waals surface area contributed by atoms with Crippen LogP contribution in [0.25, 0.3) is 0 Å². The number of rotatable bonds is 2. The third kappa shape index (κ3) is 2.43. The Hall–Kier alpha value is -0.340. The first-order valence-corrected chi connectivity index (χ1v) is 6.39. The van der Waals surface area contributed by atoms with Crippen molar-refractivity contribution < 1.29 is 4.74 Å². The molecule has 1 aliphatic rings. The number of halogens is 1. The molecule has 1 aliphatic heterocycles. The monoisotopic (exact) mass is 268 g/mol. The lowest BCUT2D eigenvalue weighted by Crippen LogP contribution is -2.08. The van der Waals surface area contributed by atoms with E-state index in [2.05, 4.69) is 48.0 Å². The van der Waals surface area contributed by atoms with Gasteiger partial charge in [0.1, 0.15) is 0 Å². The highest BCUT2D eigenvalue weighted by Crippen LogP contribution is 2.37. The molecule has 0 aliphatic carbocycles. The summed E-state index contributed by atoms with van der Waals surface area (Å²) in [5, 5.41) is 0. The van der Waals surface area contributed by atoms with Crippen molar-refractivity contribution in [3.8, 4) is 0 Å². The zero-order valence-corrected chi connectivity index (χ0v) is 10.9. The lowest BCUT2D eigenvalue weighted by molar-refractivity contribution is 0.185. The molecule has 1 aromatic rings. The highest BCUT2D eigenvalue weighted by molar-refractivity contribution is 9.09. The van der Waals surface area contributed by atoms with Gasteiger partial charge in [0.15, 0.2) is 0 Å². The average molecular weight is 269 g/mol. The zero-order valence-electron chi connectivity index (χ0n) is 9.29. The van der Waals surface area contributed by atoms with E-state index in [0.29, 0.717) is 10.7 Å². The summed E-state index contributed by atoms with van der Waals surface area (Å²) >= 11 is 3.82. The number of hydrogen-bond donors (Lipinski definition) is 0. The Morgan fingerprint density at radius 3 is 2.87 bits per heavy atom. The molecule has 0 N–H and O–H groups in total. The van der Waals surface area contributed by atoms with E-state index in [4.69, 9.17) is 4.74 Å². The standard InChI is InChI=1S/C13H17BrO/c1-9-3-4-10(2)12(7-9)13(14)11-5-6-15-8-11/h3-4,7,11,13H,5-6,8H2,1-2H3. The van der Waals surface area contributed by atoms with Gasteiger partial charge in [-0.3, -0.25) is 0 Å². The van der Waals surface area contributed by atoms with Crippen molar-refractivity contribution in [3.63, 3.8) is 0 Å². The van der Waals surface area contributed by atoms with E-state index in [9.17, 15) is 0 Å². The smallest absolute Gasteiger partial charge is 0.0509 e. The van der Waals surface area contributed by atoms with Gasteiger partial charge in [0.2, 0.25) is 0 Å². The van der Waals surface area contributed by atoms with Gasteiger partial charge in [0.25, 0.3) is 0 Å². The lowest BCUT2D eigenvalue weighted by Gasteiger charge is -2.18. The zero-order chi connectivity index (χ0) is 10.8. The first-order chi connectivity index (χ1) is 7.18. The minimum Gasteiger partial charge on any atom is -0.381 e. The van der Waals surface area contributed by atoms with Crippen molar-refractivity contribution in [2.75, 3.05) is 13.2 Å². The van der Waals surface area contributed by atoms with Crippen molar-refractivity contribution in [2.24, 2.45) is 5.92 Å². The maximum Gasteiger partial charge on any atom is 0.0509 e. The number of ether oxygens (including phenoxy) is 1. The molecule has 2 rings (SSSR count). The number of aryl methyl sites for hydroxylation is 2. The summed E-state index contributed by atoms with van der Waals surface area (Å²) in [5.41, 5.74) is 4.12. The second-order valence-electron chi connectivity index (χ2n) is 4.39. The topological polar surface area (TPSA) is 9.23 Å². The molecule has 82 valence electrons. The third-order valence-corrected chi connectivity index (χ3v) is 4.35. The number of hydrogen-bond acceptors (Lipinski definition) is 1. The molecule has 1 heterocycles. The minimum atomic E-state index is 0.444. The van der Waals surface area contributed by atoms with Gasteiger partial charge in [0, 0.05) is 17.4 Å².